The van der Waals surface area contributed by atoms with Crippen LogP contribution >= 0.6 is 11.3 Å². The van der Waals surface area contributed by atoms with E-state index in [1.165, 1.54) is 0 Å². The molecule has 3 aromatic rings. The summed E-state index contributed by atoms with van der Waals surface area (Å²) in [5.74, 6) is 0.543. The normalized spacial score (nSPS) is 10.7. The van der Waals surface area contributed by atoms with Crippen LogP contribution in [-0.2, 0) is 13.1 Å². The van der Waals surface area contributed by atoms with Gasteiger partial charge in [0.05, 0.1) is 13.1 Å². The number of hydrogen-bond donors (Lipinski definition) is 1. The summed E-state index contributed by atoms with van der Waals surface area (Å²) >= 11 is 1.66. The maximum absolute atomic E-state index is 4.44. The Hall–Kier alpha value is -2.28. The summed E-state index contributed by atoms with van der Waals surface area (Å²) in [5, 5.41) is 16.2. The number of aryl methyl sites for hydroxylation is 1. The van der Waals surface area contributed by atoms with E-state index in [0.717, 1.165) is 15.4 Å². The Balaban J connectivity index is 1.65. The molecule has 0 saturated carbocycles. The average Bonchev–Trinajstić information content (AvgIpc) is 3.15. The first-order valence-corrected chi connectivity index (χ1v) is 7.18. The van der Waals surface area contributed by atoms with Crippen molar-refractivity contribution in [3.63, 3.8) is 0 Å². The summed E-state index contributed by atoms with van der Waals surface area (Å²) in [6.45, 7) is 3.34. The number of benzene rings is 1. The SMILES string of the molecule is CCn1nnc(NCc2cnc(-c3ccccc3)s2)n1. The second kappa shape index (κ2) is 5.79. The van der Waals surface area contributed by atoms with Crippen LogP contribution < -0.4 is 5.32 Å². The van der Waals surface area contributed by atoms with Crippen molar-refractivity contribution in [2.75, 3.05) is 5.32 Å². The lowest BCUT2D eigenvalue weighted by atomic mass is 10.2. The Labute approximate surface area is 120 Å². The third-order valence-corrected chi connectivity index (χ3v) is 3.78. The van der Waals surface area contributed by atoms with Crippen molar-refractivity contribution in [3.05, 3.63) is 41.4 Å². The van der Waals surface area contributed by atoms with Gasteiger partial charge in [-0.1, -0.05) is 35.4 Å². The molecule has 0 radical (unpaired) electrons. The third-order valence-electron chi connectivity index (χ3n) is 2.73. The summed E-state index contributed by atoms with van der Waals surface area (Å²) in [7, 11) is 0. The van der Waals surface area contributed by atoms with E-state index in [-0.39, 0.29) is 0 Å². The van der Waals surface area contributed by atoms with Crippen LogP contribution in [0.3, 0.4) is 0 Å². The minimum absolute atomic E-state index is 0.543. The zero-order chi connectivity index (χ0) is 13.8. The van der Waals surface area contributed by atoms with Crippen LogP contribution in [0.5, 0.6) is 0 Å². The molecule has 0 aliphatic rings. The standard InChI is InChI=1S/C13H14N6S/c1-2-19-17-13(16-18-19)15-9-11-8-14-12(20-11)10-6-4-3-5-7-10/h3-8H,2,9H2,1H3,(H,15,17). The molecule has 6 nitrogen and oxygen atoms in total. The number of nitrogens with zero attached hydrogens (tertiary/aromatic N) is 5. The summed E-state index contributed by atoms with van der Waals surface area (Å²) in [5.41, 5.74) is 1.14. The molecule has 0 saturated heterocycles. The van der Waals surface area contributed by atoms with Gasteiger partial charge < -0.3 is 5.32 Å². The first kappa shape index (κ1) is 12.7. The van der Waals surface area contributed by atoms with Crippen LogP contribution in [0.4, 0.5) is 5.95 Å². The largest absolute Gasteiger partial charge is 0.347 e. The van der Waals surface area contributed by atoms with E-state index in [1.807, 2.05) is 31.3 Å². The molecule has 3 rings (SSSR count). The highest BCUT2D eigenvalue weighted by molar-refractivity contribution is 7.15. The molecule has 20 heavy (non-hydrogen) atoms. The maximum atomic E-state index is 4.44. The van der Waals surface area contributed by atoms with E-state index in [1.54, 1.807) is 16.1 Å². The predicted molar refractivity (Wildman–Crippen MR) is 78.4 cm³/mol. The Morgan fingerprint density at radius 1 is 1.25 bits per heavy atom. The average molecular weight is 286 g/mol. The topological polar surface area (TPSA) is 68.5 Å². The highest BCUT2D eigenvalue weighted by Crippen LogP contribution is 2.24. The molecule has 0 spiro atoms. The molecule has 0 fully saturated rings. The maximum Gasteiger partial charge on any atom is 0.263 e. The van der Waals surface area contributed by atoms with E-state index in [9.17, 15) is 0 Å². The molecule has 1 N–H and O–H groups in total. The molecule has 0 bridgehead atoms. The first-order valence-electron chi connectivity index (χ1n) is 6.37. The van der Waals surface area contributed by atoms with Crippen molar-refractivity contribution in [2.45, 2.75) is 20.0 Å². The molecule has 0 unspecified atom stereocenters. The highest BCUT2D eigenvalue weighted by atomic mass is 32.1. The molecule has 7 heteroatoms. The molecular weight excluding hydrogens is 272 g/mol. The lowest BCUT2D eigenvalue weighted by Crippen LogP contribution is -2.01. The van der Waals surface area contributed by atoms with Gasteiger partial charge in [0.2, 0.25) is 0 Å². The van der Waals surface area contributed by atoms with Crippen molar-refractivity contribution in [1.29, 1.82) is 0 Å². The predicted octanol–water partition coefficient (Wildman–Crippen LogP) is 2.43. The summed E-state index contributed by atoms with van der Waals surface area (Å²) in [6.07, 6.45) is 1.88. The number of hydrogen-bond acceptors (Lipinski definition) is 6. The van der Waals surface area contributed by atoms with E-state index < -0.39 is 0 Å². The van der Waals surface area contributed by atoms with Gasteiger partial charge in [-0.15, -0.1) is 16.4 Å². The van der Waals surface area contributed by atoms with Crippen molar-refractivity contribution >= 4 is 17.3 Å². The fourth-order valence-corrected chi connectivity index (χ4v) is 2.58. The van der Waals surface area contributed by atoms with Gasteiger partial charge in [-0.3, -0.25) is 0 Å². The molecule has 2 heterocycles. The lowest BCUT2D eigenvalue weighted by Gasteiger charge is -1.97. The van der Waals surface area contributed by atoms with Gasteiger partial charge in [-0.05, 0) is 12.1 Å². The zero-order valence-electron chi connectivity index (χ0n) is 11.0. The Morgan fingerprint density at radius 2 is 2.10 bits per heavy atom. The zero-order valence-corrected chi connectivity index (χ0v) is 11.8. The number of rotatable bonds is 5. The molecule has 0 atom stereocenters. The minimum Gasteiger partial charge on any atom is -0.347 e. The Kier molecular flexibility index (Phi) is 3.69. The van der Waals surface area contributed by atoms with Crippen LogP contribution in [-0.4, -0.2) is 25.2 Å². The lowest BCUT2D eigenvalue weighted by molar-refractivity contribution is 0.552. The number of tetrazole rings is 1. The highest BCUT2D eigenvalue weighted by Gasteiger charge is 2.06. The van der Waals surface area contributed by atoms with Gasteiger partial charge in [0, 0.05) is 16.6 Å². The van der Waals surface area contributed by atoms with Gasteiger partial charge in [-0.2, -0.15) is 4.80 Å². The van der Waals surface area contributed by atoms with Crippen molar-refractivity contribution in [3.8, 4) is 10.6 Å². The van der Waals surface area contributed by atoms with Crippen LogP contribution in [0, 0.1) is 0 Å². The van der Waals surface area contributed by atoms with Crippen LogP contribution in [0.25, 0.3) is 10.6 Å². The second-order valence-corrected chi connectivity index (χ2v) is 5.27. The summed E-state index contributed by atoms with van der Waals surface area (Å²) in [6, 6.07) is 10.2. The van der Waals surface area contributed by atoms with Gasteiger partial charge in [0.15, 0.2) is 0 Å². The number of aromatic nitrogens is 5. The van der Waals surface area contributed by atoms with Crippen LogP contribution in [0.2, 0.25) is 0 Å². The molecule has 0 aliphatic heterocycles. The Morgan fingerprint density at radius 3 is 2.85 bits per heavy atom. The number of anilines is 1. The van der Waals surface area contributed by atoms with Crippen LogP contribution in [0.15, 0.2) is 36.5 Å². The molecule has 0 amide bonds. The molecule has 0 aliphatic carbocycles. The number of thiazole rings is 1. The summed E-state index contributed by atoms with van der Waals surface area (Å²) < 4.78 is 0. The van der Waals surface area contributed by atoms with Gasteiger partial charge in [0.1, 0.15) is 5.01 Å². The van der Waals surface area contributed by atoms with E-state index in [4.69, 9.17) is 0 Å². The number of nitrogens with one attached hydrogen (secondary N) is 1. The second-order valence-electron chi connectivity index (χ2n) is 4.15. The van der Waals surface area contributed by atoms with Crippen LogP contribution in [0.1, 0.15) is 11.8 Å². The molecular formula is C13H14N6S. The minimum atomic E-state index is 0.543. The van der Waals surface area contributed by atoms with Gasteiger partial charge >= 0.3 is 0 Å². The molecule has 102 valence electrons. The van der Waals surface area contributed by atoms with E-state index >= 15 is 0 Å². The fourth-order valence-electron chi connectivity index (χ4n) is 1.72. The summed E-state index contributed by atoms with van der Waals surface area (Å²) in [4.78, 5) is 7.12. The Bertz CT molecular complexity index is 675. The van der Waals surface area contributed by atoms with Crippen molar-refractivity contribution in [2.24, 2.45) is 0 Å². The smallest absolute Gasteiger partial charge is 0.263 e. The monoisotopic (exact) mass is 286 g/mol. The quantitative estimate of drug-likeness (QED) is 0.780. The first-order chi connectivity index (χ1) is 9.85. The molecule has 2 aromatic heterocycles. The molecule has 1 aromatic carbocycles. The van der Waals surface area contributed by atoms with Crippen molar-refractivity contribution in [1.82, 2.24) is 25.2 Å². The van der Waals surface area contributed by atoms with Gasteiger partial charge in [0.25, 0.3) is 5.95 Å². The van der Waals surface area contributed by atoms with Crippen molar-refractivity contribution < 1.29 is 0 Å². The fraction of sp³-hybridized carbons (Fsp3) is 0.231. The van der Waals surface area contributed by atoms with E-state index in [0.29, 0.717) is 19.0 Å². The van der Waals surface area contributed by atoms with Gasteiger partial charge in [-0.25, -0.2) is 4.98 Å². The third kappa shape index (κ3) is 2.83. The van der Waals surface area contributed by atoms with E-state index in [2.05, 4.69) is 37.8 Å².